The molecule has 3 aromatic heterocycles. The maximum atomic E-state index is 11.0. The van der Waals surface area contributed by atoms with Crippen molar-refractivity contribution in [2.24, 2.45) is 0 Å². The second-order valence-electron chi connectivity index (χ2n) is 20.5. The molecule has 0 atom stereocenters. The Balaban J connectivity index is 1.12. The Hall–Kier alpha value is -8.80. The molecule has 0 N–H and O–H groups in total. The van der Waals surface area contributed by atoms with Gasteiger partial charge in [-0.1, -0.05) is 194 Å². The van der Waals surface area contributed by atoms with E-state index in [4.69, 9.17) is 13.8 Å². The number of rotatable bonds is 6. The third-order valence-electron chi connectivity index (χ3n) is 14.7. The van der Waals surface area contributed by atoms with Crippen LogP contribution in [0.15, 0.2) is 212 Å². The molecule has 0 unspecified atom stereocenters. The largest absolute Gasteiger partial charge is 0.458 e. The third-order valence-corrected chi connectivity index (χ3v) is 14.7. The fourth-order valence-corrected chi connectivity index (χ4v) is 11.0. The van der Waals surface area contributed by atoms with Crippen molar-refractivity contribution in [1.82, 2.24) is 14.1 Å². The molecule has 0 spiro atoms. The van der Waals surface area contributed by atoms with Crippen molar-refractivity contribution >= 4 is 32.8 Å². The lowest BCUT2D eigenvalue weighted by Crippen LogP contribution is -2.34. The fourth-order valence-electron chi connectivity index (χ4n) is 11.0. The second kappa shape index (κ2) is 17.4. The van der Waals surface area contributed by atoms with Crippen LogP contribution in [-0.2, 0) is 16.2 Å². The molecule has 77 heavy (non-hydrogen) atoms. The number of nitrogens with zero attached hydrogens (tertiary/aromatic N) is 4. The van der Waals surface area contributed by atoms with Gasteiger partial charge in [-0.15, -0.1) is 0 Å². The minimum atomic E-state index is -4.62. The number of ether oxygens (including phenoxy) is 1. The number of hydrogen-bond acceptors (Lipinski definition) is 2. The topological polar surface area (TPSA) is 35.9 Å². The lowest BCUT2D eigenvalue weighted by Gasteiger charge is -2.43. The molecule has 0 saturated carbocycles. The molecular formula is C72H60N4O. The van der Waals surface area contributed by atoms with Crippen LogP contribution in [0, 0.1) is 6.33 Å². The van der Waals surface area contributed by atoms with Gasteiger partial charge in [0, 0.05) is 50.5 Å². The zero-order chi connectivity index (χ0) is 72.1. The van der Waals surface area contributed by atoms with E-state index >= 15 is 0 Å². The summed E-state index contributed by atoms with van der Waals surface area (Å²) in [6.07, 6.45) is -3.95. The SMILES string of the molecule is [2H]c1c([2H])c([2H])c(-c2ccc3c(c2-[n+]2[c-]n(-c4cccc(Oc5ccc6c7ccccc7n(-c7cc(C(C)(C)C)ccn7)c6c5)c4)c4ccccc42)-c2c([2H])c4c(c([2H])c2-c2ccccc2-c2ccccc2-3)C(C([2H])([2H])[2H])(C([2H])([2H])[2H])C([2H])([2H])C([2H])([2H])C4(C([2H])([2H])[2H])C([2H])([2H])[2H])c([2H])c1[2H]. The summed E-state index contributed by atoms with van der Waals surface area (Å²) >= 11 is 0. The number of imidazole rings is 1. The van der Waals surface area contributed by atoms with Crippen LogP contribution >= 0.6 is 0 Å². The van der Waals surface area contributed by atoms with Gasteiger partial charge in [-0.05, 0) is 150 Å². The molecule has 2 aliphatic rings. The second-order valence-corrected chi connectivity index (χ2v) is 20.5. The summed E-state index contributed by atoms with van der Waals surface area (Å²) in [5.41, 5.74) is -9.60. The maximum Gasteiger partial charge on any atom is 0.269 e. The third kappa shape index (κ3) is 7.57. The van der Waals surface area contributed by atoms with Gasteiger partial charge in [0.05, 0.1) is 43.0 Å². The molecule has 0 saturated heterocycles. The van der Waals surface area contributed by atoms with Gasteiger partial charge in [0.25, 0.3) is 6.33 Å². The van der Waals surface area contributed by atoms with Gasteiger partial charge in [0.15, 0.2) is 0 Å². The number of pyridine rings is 1. The van der Waals surface area contributed by atoms with Crippen LogP contribution in [0.25, 0.3) is 106 Å². The van der Waals surface area contributed by atoms with Gasteiger partial charge < -0.3 is 4.74 Å². The van der Waals surface area contributed by atoms with Crippen LogP contribution in [0.1, 0.15) is 109 Å². The van der Waals surface area contributed by atoms with Crippen molar-refractivity contribution in [3.05, 3.63) is 235 Å². The Morgan fingerprint density at radius 1 is 0.584 bits per heavy atom. The lowest BCUT2D eigenvalue weighted by molar-refractivity contribution is -0.571. The molecule has 12 aromatic rings. The van der Waals surface area contributed by atoms with Crippen molar-refractivity contribution in [2.45, 2.75) is 77.2 Å². The van der Waals surface area contributed by atoms with Gasteiger partial charge in [0.1, 0.15) is 17.3 Å². The zero-order valence-corrected chi connectivity index (χ0v) is 41.9. The predicted octanol–water partition coefficient (Wildman–Crippen LogP) is 18.3. The molecule has 9 aromatic carbocycles. The van der Waals surface area contributed by atoms with Crippen LogP contribution in [0.5, 0.6) is 11.5 Å². The first-order valence-corrected chi connectivity index (χ1v) is 25.1. The van der Waals surface area contributed by atoms with E-state index in [9.17, 15) is 27.4 Å². The summed E-state index contributed by atoms with van der Waals surface area (Å²) in [6, 6.07) is 41.1. The van der Waals surface area contributed by atoms with Crippen LogP contribution in [0.2, 0.25) is 0 Å². The van der Waals surface area contributed by atoms with Gasteiger partial charge in [-0.3, -0.25) is 13.7 Å². The van der Waals surface area contributed by atoms with Crippen molar-refractivity contribution in [3.63, 3.8) is 0 Å². The number of fused-ring (bicyclic) bond motifs is 13. The Morgan fingerprint density at radius 3 is 1.94 bits per heavy atom. The Labute approximate surface area is 483 Å². The van der Waals surface area contributed by atoms with Crippen molar-refractivity contribution in [3.8, 4) is 84.3 Å². The highest BCUT2D eigenvalue weighted by Gasteiger charge is 2.39. The zero-order valence-electron chi connectivity index (χ0n) is 64.9. The van der Waals surface area contributed by atoms with E-state index in [0.717, 1.165) is 27.4 Å². The van der Waals surface area contributed by atoms with Crippen molar-refractivity contribution < 1.29 is 40.8 Å². The molecule has 0 radical (unpaired) electrons. The highest BCUT2D eigenvalue weighted by Crippen LogP contribution is 2.55. The summed E-state index contributed by atoms with van der Waals surface area (Å²) in [5.74, 6) is 1.49. The van der Waals surface area contributed by atoms with Gasteiger partial charge in [-0.2, -0.15) is 0 Å². The minimum Gasteiger partial charge on any atom is -0.458 e. The van der Waals surface area contributed by atoms with Gasteiger partial charge in [-0.25, -0.2) is 4.98 Å². The molecule has 374 valence electrons. The summed E-state index contributed by atoms with van der Waals surface area (Å²) in [7, 11) is 0. The number of para-hydroxylation sites is 3. The van der Waals surface area contributed by atoms with E-state index in [1.807, 2.05) is 48.5 Å². The maximum absolute atomic E-state index is 11.0. The molecule has 0 bridgehead atoms. The molecule has 5 heteroatoms. The first kappa shape index (κ1) is 28.4. The van der Waals surface area contributed by atoms with E-state index in [2.05, 4.69) is 37.7 Å². The van der Waals surface area contributed by atoms with E-state index in [1.54, 1.807) is 95.7 Å². The lowest BCUT2D eigenvalue weighted by atomic mass is 9.62. The smallest absolute Gasteiger partial charge is 0.269 e. The Morgan fingerprint density at radius 2 is 1.21 bits per heavy atom. The van der Waals surface area contributed by atoms with Crippen molar-refractivity contribution in [1.29, 1.82) is 0 Å². The molecule has 2 aliphatic carbocycles. The molecule has 3 heterocycles. The number of aromatic nitrogens is 4. The van der Waals surface area contributed by atoms with Crippen LogP contribution in [-0.4, -0.2) is 14.1 Å². The summed E-state index contributed by atoms with van der Waals surface area (Å²) in [4.78, 5) is 4.84. The van der Waals surface area contributed by atoms with E-state index in [1.165, 1.54) is 28.8 Å². The molecule has 5 nitrogen and oxygen atoms in total. The minimum absolute atomic E-state index is 0.0659. The first-order chi connectivity index (χ1) is 46.8. The van der Waals surface area contributed by atoms with Crippen LogP contribution < -0.4 is 9.30 Å². The average Bonchev–Trinajstić information content (AvgIpc) is 0.752. The van der Waals surface area contributed by atoms with E-state index in [0.29, 0.717) is 39.6 Å². The van der Waals surface area contributed by atoms with Gasteiger partial charge >= 0.3 is 0 Å². The summed E-state index contributed by atoms with van der Waals surface area (Å²) in [5, 5.41) is 1.93. The number of benzene rings is 9. The average molecular weight is 1020 g/mol. The standard InChI is InChI=1S/C72H60N4O/c1-70(2,3)47-36-39-73-67(40-47)76-63-29-16-15-28-56(63)57-33-32-50(42-66(57)76)77-49-23-19-22-48(41-49)74-45-75(65-31-18-17-30-64(65)74)69-51(46-20-9-8-10-21-46)34-35-58-54-26-13-11-24-52(54)53-25-12-14-27-55(53)59-43-61-62(44-60(59)68(58)69)72(6,7)38-37-71(61,4)5/h8-36,39-44H,37-38H2,1-7H3/i4D3,5D3,6D3,7D3,8D,9D,10D,20D,21D,37D2,38D2,43D,44D. The predicted molar refractivity (Wildman–Crippen MR) is 317 cm³/mol. The highest BCUT2D eigenvalue weighted by atomic mass is 16.5. The van der Waals surface area contributed by atoms with E-state index < -0.39 is 121 Å². The van der Waals surface area contributed by atoms with E-state index in [-0.39, 0.29) is 44.4 Å². The molecular weight excluding hydrogens is 937 g/mol. The molecule has 0 fully saturated rings. The van der Waals surface area contributed by atoms with Crippen molar-refractivity contribution in [2.75, 3.05) is 0 Å². The first-order valence-electron chi connectivity index (χ1n) is 36.6. The fraction of sp³-hybridized carbons (Fsp3) is 0.167. The highest BCUT2D eigenvalue weighted by molar-refractivity contribution is 6.10. The van der Waals surface area contributed by atoms with Gasteiger partial charge in [0.2, 0.25) is 0 Å². The monoisotopic (exact) mass is 1020 g/mol. The Bertz CT molecular complexity index is 5400. The normalized spacial score (nSPS) is 20.6. The molecule has 0 aliphatic heterocycles. The van der Waals surface area contributed by atoms with Crippen LogP contribution in [0.3, 0.4) is 0 Å². The van der Waals surface area contributed by atoms with Crippen LogP contribution in [0.4, 0.5) is 0 Å². The summed E-state index contributed by atoms with van der Waals surface area (Å²) in [6.45, 7) is -10.9. The molecule has 14 rings (SSSR count). The summed E-state index contributed by atoms with van der Waals surface area (Å²) < 4.78 is 230. The Kier molecular flexibility index (Phi) is 6.40. The quantitative estimate of drug-likeness (QED) is 0.123. The number of hydrogen-bond donors (Lipinski definition) is 0. The molecule has 0 amide bonds.